The molecule has 1 saturated heterocycles. The van der Waals surface area contributed by atoms with Gasteiger partial charge in [-0.2, -0.15) is 5.10 Å². The Morgan fingerprint density at radius 2 is 2.47 bits per heavy atom. The Morgan fingerprint density at radius 3 is 3.16 bits per heavy atom. The molecule has 19 heavy (non-hydrogen) atoms. The van der Waals surface area contributed by atoms with E-state index in [1.165, 1.54) is 11.3 Å². The number of anilines is 1. The van der Waals surface area contributed by atoms with Gasteiger partial charge in [-0.3, -0.25) is 15.2 Å². The monoisotopic (exact) mass is 279 g/mol. The van der Waals surface area contributed by atoms with Crippen LogP contribution < -0.4 is 5.32 Å². The maximum Gasteiger partial charge on any atom is 0.277 e. The van der Waals surface area contributed by atoms with E-state index in [2.05, 4.69) is 25.7 Å². The van der Waals surface area contributed by atoms with Gasteiger partial charge in [0.25, 0.3) is 5.91 Å². The van der Waals surface area contributed by atoms with Gasteiger partial charge in [-0.1, -0.05) is 11.3 Å². The summed E-state index contributed by atoms with van der Waals surface area (Å²) in [6.07, 6.45) is 2.02. The van der Waals surface area contributed by atoms with Crippen LogP contribution in [0.15, 0.2) is 6.07 Å². The molecule has 1 fully saturated rings. The predicted octanol–water partition coefficient (Wildman–Crippen LogP) is 1.67. The van der Waals surface area contributed by atoms with Crippen molar-refractivity contribution < 1.29 is 9.53 Å². The van der Waals surface area contributed by atoms with Crippen molar-refractivity contribution in [3.8, 4) is 0 Å². The molecule has 2 aromatic heterocycles. The molecule has 0 aliphatic carbocycles. The molecule has 0 saturated carbocycles. The predicted molar refractivity (Wildman–Crippen MR) is 69.1 cm³/mol. The van der Waals surface area contributed by atoms with E-state index in [1.54, 1.807) is 6.07 Å². The van der Waals surface area contributed by atoms with Gasteiger partial charge in [0.05, 0.1) is 0 Å². The minimum Gasteiger partial charge on any atom is -0.371 e. The van der Waals surface area contributed by atoms with Gasteiger partial charge >= 0.3 is 0 Å². The van der Waals surface area contributed by atoms with E-state index < -0.39 is 0 Å². The first-order valence-corrected chi connectivity index (χ1v) is 6.82. The largest absolute Gasteiger partial charge is 0.371 e. The van der Waals surface area contributed by atoms with Gasteiger partial charge in [-0.15, -0.1) is 10.2 Å². The molecule has 0 radical (unpaired) electrons. The third kappa shape index (κ3) is 2.64. The molecule has 1 aliphatic rings. The third-order valence-corrected chi connectivity index (χ3v) is 3.74. The molecule has 7 nitrogen and oxygen atoms in total. The maximum absolute atomic E-state index is 11.9. The Bertz CT molecular complexity index is 587. The van der Waals surface area contributed by atoms with Crippen molar-refractivity contribution in [1.29, 1.82) is 0 Å². The smallest absolute Gasteiger partial charge is 0.277 e. The topological polar surface area (TPSA) is 92.8 Å². The fraction of sp³-hybridized carbons (Fsp3) is 0.455. The van der Waals surface area contributed by atoms with E-state index >= 15 is 0 Å². The van der Waals surface area contributed by atoms with E-state index in [4.69, 9.17) is 4.74 Å². The normalized spacial score (nSPS) is 18.7. The standard InChI is InChI=1S/C11H13N5O2S/c1-6-5-7(14-13-6)9(17)12-11-16-15-10(19-11)8-3-2-4-18-8/h5,8H,2-4H2,1H3,(H,13,14)(H,12,16,17). The van der Waals surface area contributed by atoms with Gasteiger partial charge in [0.2, 0.25) is 5.13 Å². The SMILES string of the molecule is Cc1cc(C(=O)Nc2nnc(C3CCCO3)s2)n[nH]1. The van der Waals surface area contributed by atoms with Gasteiger partial charge in [0, 0.05) is 12.3 Å². The number of nitrogens with one attached hydrogen (secondary N) is 2. The quantitative estimate of drug-likeness (QED) is 0.891. The number of H-pyrrole nitrogens is 1. The first-order valence-electron chi connectivity index (χ1n) is 6.01. The minimum absolute atomic E-state index is 0.0239. The summed E-state index contributed by atoms with van der Waals surface area (Å²) in [5, 5.41) is 18.6. The van der Waals surface area contributed by atoms with Crippen molar-refractivity contribution in [2.24, 2.45) is 0 Å². The summed E-state index contributed by atoms with van der Waals surface area (Å²) in [6.45, 7) is 2.60. The second-order valence-electron chi connectivity index (χ2n) is 4.34. The number of carbonyl (C=O) groups is 1. The van der Waals surface area contributed by atoms with Crippen molar-refractivity contribution in [1.82, 2.24) is 20.4 Å². The van der Waals surface area contributed by atoms with Crippen LogP contribution in [0.1, 0.15) is 40.1 Å². The van der Waals surface area contributed by atoms with Gasteiger partial charge in [0.15, 0.2) is 5.69 Å². The first kappa shape index (κ1) is 12.2. The number of nitrogens with zero attached hydrogens (tertiary/aromatic N) is 3. The summed E-state index contributed by atoms with van der Waals surface area (Å²) in [5.41, 5.74) is 1.17. The number of aryl methyl sites for hydroxylation is 1. The van der Waals surface area contributed by atoms with Crippen LogP contribution in [0.4, 0.5) is 5.13 Å². The van der Waals surface area contributed by atoms with E-state index in [1.807, 2.05) is 6.92 Å². The highest BCUT2D eigenvalue weighted by Crippen LogP contribution is 2.31. The van der Waals surface area contributed by atoms with E-state index in [0.717, 1.165) is 30.2 Å². The molecule has 8 heteroatoms. The van der Waals surface area contributed by atoms with Crippen LogP contribution in [0.5, 0.6) is 0 Å². The lowest BCUT2D eigenvalue weighted by atomic mass is 10.2. The number of ether oxygens (including phenoxy) is 1. The summed E-state index contributed by atoms with van der Waals surface area (Å²) in [7, 11) is 0. The molecule has 2 aromatic rings. The van der Waals surface area contributed by atoms with E-state index in [0.29, 0.717) is 10.8 Å². The van der Waals surface area contributed by atoms with Crippen molar-refractivity contribution in [2.75, 3.05) is 11.9 Å². The Kier molecular flexibility index (Phi) is 3.26. The first-order chi connectivity index (χ1) is 9.22. The lowest BCUT2D eigenvalue weighted by Gasteiger charge is -2.02. The molecule has 1 unspecified atom stereocenters. The summed E-state index contributed by atoms with van der Waals surface area (Å²) < 4.78 is 5.52. The number of aromatic amines is 1. The average Bonchev–Trinajstić information content (AvgIpc) is 3.07. The molecule has 1 atom stereocenters. The highest BCUT2D eigenvalue weighted by atomic mass is 32.1. The number of rotatable bonds is 3. The summed E-state index contributed by atoms with van der Waals surface area (Å²) >= 11 is 1.34. The van der Waals surface area contributed by atoms with Gasteiger partial charge in [-0.25, -0.2) is 0 Å². The average molecular weight is 279 g/mol. The van der Waals surface area contributed by atoms with Crippen molar-refractivity contribution in [3.05, 3.63) is 22.5 Å². The number of aromatic nitrogens is 4. The Labute approximate surface area is 113 Å². The molecule has 1 amide bonds. The van der Waals surface area contributed by atoms with Crippen LogP contribution in [-0.2, 0) is 4.74 Å². The molecule has 3 heterocycles. The maximum atomic E-state index is 11.9. The molecule has 0 aromatic carbocycles. The molecule has 0 spiro atoms. The second-order valence-corrected chi connectivity index (χ2v) is 5.35. The number of hydrogen-bond donors (Lipinski definition) is 2. The number of carbonyl (C=O) groups excluding carboxylic acids is 1. The number of amides is 1. The lowest BCUT2D eigenvalue weighted by molar-refractivity contribution is 0.102. The zero-order valence-electron chi connectivity index (χ0n) is 10.3. The van der Waals surface area contributed by atoms with Crippen LogP contribution in [0.3, 0.4) is 0 Å². The van der Waals surface area contributed by atoms with Crippen LogP contribution in [-0.4, -0.2) is 32.9 Å². The fourth-order valence-electron chi connectivity index (χ4n) is 1.88. The lowest BCUT2D eigenvalue weighted by Crippen LogP contribution is -2.12. The summed E-state index contributed by atoms with van der Waals surface area (Å²) in [6, 6.07) is 1.68. The van der Waals surface area contributed by atoms with Crippen LogP contribution in [0.25, 0.3) is 0 Å². The molecular formula is C11H13N5O2S. The van der Waals surface area contributed by atoms with Crippen LogP contribution >= 0.6 is 11.3 Å². The molecule has 0 bridgehead atoms. The Hall–Kier alpha value is -1.80. The Morgan fingerprint density at radius 1 is 1.58 bits per heavy atom. The van der Waals surface area contributed by atoms with Crippen molar-refractivity contribution in [2.45, 2.75) is 25.9 Å². The molecular weight excluding hydrogens is 266 g/mol. The van der Waals surface area contributed by atoms with E-state index in [-0.39, 0.29) is 12.0 Å². The third-order valence-electron chi connectivity index (χ3n) is 2.80. The Balaban J connectivity index is 1.68. The second kappa shape index (κ2) is 5.06. The zero-order chi connectivity index (χ0) is 13.2. The molecule has 1 aliphatic heterocycles. The summed E-state index contributed by atoms with van der Waals surface area (Å²) in [4.78, 5) is 11.9. The molecule has 3 rings (SSSR count). The highest BCUT2D eigenvalue weighted by molar-refractivity contribution is 7.15. The highest BCUT2D eigenvalue weighted by Gasteiger charge is 2.22. The van der Waals surface area contributed by atoms with Gasteiger partial charge < -0.3 is 4.74 Å². The van der Waals surface area contributed by atoms with Crippen LogP contribution in [0, 0.1) is 6.92 Å². The van der Waals surface area contributed by atoms with E-state index in [9.17, 15) is 4.79 Å². The van der Waals surface area contributed by atoms with Gasteiger partial charge in [0.1, 0.15) is 11.1 Å². The van der Waals surface area contributed by atoms with Crippen molar-refractivity contribution in [3.63, 3.8) is 0 Å². The summed E-state index contributed by atoms with van der Waals surface area (Å²) in [5.74, 6) is -0.292. The molecule has 2 N–H and O–H groups in total. The zero-order valence-corrected chi connectivity index (χ0v) is 11.2. The van der Waals surface area contributed by atoms with Crippen LogP contribution in [0.2, 0.25) is 0 Å². The number of hydrogen-bond acceptors (Lipinski definition) is 6. The fourth-order valence-corrected chi connectivity index (χ4v) is 2.71. The molecule has 100 valence electrons. The minimum atomic E-state index is -0.292. The van der Waals surface area contributed by atoms with Crippen molar-refractivity contribution >= 4 is 22.4 Å². The van der Waals surface area contributed by atoms with Gasteiger partial charge in [-0.05, 0) is 25.8 Å².